The lowest BCUT2D eigenvalue weighted by atomic mass is 9.92. The number of rotatable bonds is 2. The second-order valence-corrected chi connectivity index (χ2v) is 6.34. The average Bonchev–Trinajstić information content (AvgIpc) is 2.84. The molecule has 0 radical (unpaired) electrons. The Bertz CT molecular complexity index is 679. The molecule has 1 fully saturated rings. The summed E-state index contributed by atoms with van der Waals surface area (Å²) in [5, 5.41) is 9.29. The van der Waals surface area contributed by atoms with Crippen LogP contribution in [0.15, 0.2) is 0 Å². The number of hydrogen-bond donors (Lipinski definition) is 2. The van der Waals surface area contributed by atoms with Gasteiger partial charge in [0.15, 0.2) is 5.78 Å². The quantitative estimate of drug-likeness (QED) is 0.836. The molecule has 1 aliphatic carbocycles. The highest BCUT2D eigenvalue weighted by atomic mass is 16.4. The summed E-state index contributed by atoms with van der Waals surface area (Å²) in [4.78, 5) is 42.9. The van der Waals surface area contributed by atoms with Gasteiger partial charge in [-0.05, 0) is 26.8 Å². The molecule has 124 valence electrons. The molecule has 1 aliphatic heterocycles. The Morgan fingerprint density at radius 1 is 1.26 bits per heavy atom. The fraction of sp³-hybridized carbons (Fsp3) is 0.562. The maximum Gasteiger partial charge on any atom is 0.322 e. The monoisotopic (exact) mass is 319 g/mol. The van der Waals surface area contributed by atoms with Crippen LogP contribution >= 0.6 is 0 Å². The first-order chi connectivity index (χ1) is 10.9. The highest BCUT2D eigenvalue weighted by Gasteiger charge is 2.36. The number of Topliss-reactive ketones (excluding diaryl/α,β-unsaturated/α-hetero) is 1. The van der Waals surface area contributed by atoms with E-state index in [1.54, 1.807) is 23.8 Å². The molecule has 1 amide bonds. The molecule has 1 atom stereocenters. The van der Waals surface area contributed by atoms with Crippen molar-refractivity contribution >= 4 is 17.7 Å². The summed E-state index contributed by atoms with van der Waals surface area (Å²) in [7, 11) is 1.74. The van der Waals surface area contributed by atoms with Crippen molar-refractivity contribution in [2.75, 3.05) is 26.7 Å². The number of aromatic nitrogens is 1. The number of nitrogens with one attached hydrogen (secondary N) is 1. The predicted molar refractivity (Wildman–Crippen MR) is 82.8 cm³/mol. The van der Waals surface area contributed by atoms with Crippen molar-refractivity contribution in [3.8, 4) is 0 Å². The smallest absolute Gasteiger partial charge is 0.322 e. The summed E-state index contributed by atoms with van der Waals surface area (Å²) in [6.07, 6.45) is 2.04. The van der Waals surface area contributed by atoms with Gasteiger partial charge in [-0.25, -0.2) is 0 Å². The fourth-order valence-electron chi connectivity index (χ4n) is 3.49. The molecule has 2 aliphatic rings. The van der Waals surface area contributed by atoms with Gasteiger partial charge in [-0.15, -0.1) is 0 Å². The minimum Gasteiger partial charge on any atom is -0.480 e. The summed E-state index contributed by atoms with van der Waals surface area (Å²) in [5.74, 6) is -1.17. The normalized spacial score (nSPS) is 22.1. The number of carboxylic acid groups (broad SMARTS) is 1. The first-order valence-corrected chi connectivity index (χ1v) is 7.87. The van der Waals surface area contributed by atoms with Gasteiger partial charge in [0.2, 0.25) is 0 Å². The third-order valence-electron chi connectivity index (χ3n) is 4.81. The number of carboxylic acids is 1. The fourth-order valence-corrected chi connectivity index (χ4v) is 3.49. The Morgan fingerprint density at radius 2 is 2.00 bits per heavy atom. The average molecular weight is 319 g/mol. The second kappa shape index (κ2) is 5.81. The number of H-pyrrole nitrogens is 1. The van der Waals surface area contributed by atoms with Crippen LogP contribution in [0.4, 0.5) is 0 Å². The number of nitrogens with zero attached hydrogens (tertiary/aromatic N) is 2. The topological polar surface area (TPSA) is 93.7 Å². The molecule has 0 spiro atoms. The van der Waals surface area contributed by atoms with Crippen molar-refractivity contribution in [3.63, 3.8) is 0 Å². The van der Waals surface area contributed by atoms with E-state index in [1.807, 2.05) is 0 Å². The standard InChI is InChI=1S/C16H21N3O4/c1-9-13(14-10(17-9)4-3-5-12(14)20)15(21)19-7-6-18(2)11(8-19)16(22)23/h11,17H,3-8H2,1-2H3,(H,22,23). The van der Waals surface area contributed by atoms with Crippen LogP contribution in [-0.2, 0) is 11.2 Å². The minimum atomic E-state index is -0.936. The minimum absolute atomic E-state index is 0.00265. The molecule has 1 aromatic heterocycles. The van der Waals surface area contributed by atoms with E-state index >= 15 is 0 Å². The van der Waals surface area contributed by atoms with E-state index in [-0.39, 0.29) is 18.2 Å². The number of aryl methyl sites for hydroxylation is 2. The van der Waals surface area contributed by atoms with Crippen molar-refractivity contribution in [3.05, 3.63) is 22.5 Å². The number of ketones is 1. The van der Waals surface area contributed by atoms with E-state index in [4.69, 9.17) is 0 Å². The van der Waals surface area contributed by atoms with Crippen molar-refractivity contribution in [1.82, 2.24) is 14.8 Å². The summed E-state index contributed by atoms with van der Waals surface area (Å²) in [5.41, 5.74) is 2.48. The first-order valence-electron chi connectivity index (χ1n) is 7.87. The van der Waals surface area contributed by atoms with Gasteiger partial charge < -0.3 is 15.0 Å². The summed E-state index contributed by atoms with van der Waals surface area (Å²) < 4.78 is 0. The zero-order chi connectivity index (χ0) is 16.7. The Labute approximate surface area is 134 Å². The van der Waals surface area contributed by atoms with Crippen molar-refractivity contribution in [2.45, 2.75) is 32.2 Å². The molecule has 0 saturated carbocycles. The van der Waals surface area contributed by atoms with Crippen LogP contribution in [0, 0.1) is 6.92 Å². The summed E-state index contributed by atoms with van der Waals surface area (Å²) in [6, 6.07) is -0.710. The number of likely N-dealkylation sites (N-methyl/N-ethyl adjacent to an activating group) is 1. The molecule has 7 heteroatoms. The maximum absolute atomic E-state index is 12.9. The number of carbonyl (C=O) groups excluding carboxylic acids is 2. The first kappa shape index (κ1) is 15.7. The van der Waals surface area contributed by atoms with Crippen molar-refractivity contribution in [2.24, 2.45) is 0 Å². The van der Waals surface area contributed by atoms with E-state index in [9.17, 15) is 19.5 Å². The zero-order valence-corrected chi connectivity index (χ0v) is 13.4. The van der Waals surface area contributed by atoms with Crippen molar-refractivity contribution < 1.29 is 19.5 Å². The lowest BCUT2D eigenvalue weighted by Gasteiger charge is -2.37. The third-order valence-corrected chi connectivity index (χ3v) is 4.81. The van der Waals surface area contributed by atoms with Gasteiger partial charge in [-0.3, -0.25) is 19.3 Å². The van der Waals surface area contributed by atoms with E-state index in [0.29, 0.717) is 36.3 Å². The molecule has 23 heavy (non-hydrogen) atoms. The van der Waals surface area contributed by atoms with Crippen LogP contribution < -0.4 is 0 Å². The number of aromatic amines is 1. The van der Waals surface area contributed by atoms with Gasteiger partial charge in [0.05, 0.1) is 11.1 Å². The largest absolute Gasteiger partial charge is 0.480 e. The van der Waals surface area contributed by atoms with E-state index < -0.39 is 12.0 Å². The SMILES string of the molecule is Cc1[nH]c2c(c1C(=O)N1CCN(C)C(C(=O)O)C1)C(=O)CCC2. The molecule has 7 nitrogen and oxygen atoms in total. The highest BCUT2D eigenvalue weighted by molar-refractivity contribution is 6.10. The Morgan fingerprint density at radius 3 is 2.70 bits per heavy atom. The van der Waals surface area contributed by atoms with Gasteiger partial charge in [0.1, 0.15) is 6.04 Å². The van der Waals surface area contributed by atoms with Gasteiger partial charge in [-0.2, -0.15) is 0 Å². The van der Waals surface area contributed by atoms with Crippen molar-refractivity contribution in [1.29, 1.82) is 0 Å². The van der Waals surface area contributed by atoms with E-state index in [0.717, 1.165) is 18.5 Å². The molecule has 0 aromatic carbocycles. The van der Waals surface area contributed by atoms with Crippen LogP contribution in [0.3, 0.4) is 0 Å². The van der Waals surface area contributed by atoms with Crippen LogP contribution in [0.5, 0.6) is 0 Å². The molecular formula is C16H21N3O4. The summed E-state index contributed by atoms with van der Waals surface area (Å²) >= 11 is 0. The number of hydrogen-bond acceptors (Lipinski definition) is 4. The Hall–Kier alpha value is -2.15. The lowest BCUT2D eigenvalue weighted by Crippen LogP contribution is -2.56. The lowest BCUT2D eigenvalue weighted by molar-refractivity contribution is -0.144. The maximum atomic E-state index is 12.9. The number of fused-ring (bicyclic) bond motifs is 1. The zero-order valence-electron chi connectivity index (χ0n) is 13.4. The van der Waals surface area contributed by atoms with E-state index in [1.165, 1.54) is 0 Å². The van der Waals surface area contributed by atoms with Gasteiger partial charge in [0, 0.05) is 37.4 Å². The molecule has 1 saturated heterocycles. The third kappa shape index (κ3) is 2.65. The van der Waals surface area contributed by atoms with Gasteiger partial charge in [-0.1, -0.05) is 0 Å². The highest BCUT2D eigenvalue weighted by Crippen LogP contribution is 2.28. The Balaban J connectivity index is 1.91. The Kier molecular flexibility index (Phi) is 3.97. The molecule has 2 N–H and O–H groups in total. The second-order valence-electron chi connectivity index (χ2n) is 6.34. The van der Waals surface area contributed by atoms with Gasteiger partial charge >= 0.3 is 5.97 Å². The van der Waals surface area contributed by atoms with Crippen LogP contribution in [0.1, 0.15) is 44.9 Å². The van der Waals surface area contributed by atoms with Crippen LogP contribution in [-0.4, -0.2) is 70.3 Å². The molecule has 3 rings (SSSR count). The van der Waals surface area contributed by atoms with Crippen LogP contribution in [0.2, 0.25) is 0 Å². The number of carbonyl (C=O) groups is 3. The molecule has 2 heterocycles. The summed E-state index contributed by atoms with van der Waals surface area (Å²) in [6.45, 7) is 2.90. The predicted octanol–water partition coefficient (Wildman–Crippen LogP) is 0.683. The van der Waals surface area contributed by atoms with E-state index in [2.05, 4.69) is 4.98 Å². The molecular weight excluding hydrogens is 298 g/mol. The molecule has 0 bridgehead atoms. The number of amides is 1. The number of piperazine rings is 1. The molecule has 1 aromatic rings. The molecule has 1 unspecified atom stereocenters. The number of aliphatic carboxylic acids is 1. The van der Waals surface area contributed by atoms with Gasteiger partial charge in [0.25, 0.3) is 5.91 Å². The van der Waals surface area contributed by atoms with Crippen LogP contribution in [0.25, 0.3) is 0 Å².